The van der Waals surface area contributed by atoms with Gasteiger partial charge in [0.1, 0.15) is 0 Å². The van der Waals surface area contributed by atoms with Crippen molar-refractivity contribution in [3.05, 3.63) is 0 Å². The Labute approximate surface area is 127 Å². The molecule has 1 aliphatic rings. The molecule has 1 saturated heterocycles. The molecule has 0 atom stereocenters. The van der Waals surface area contributed by atoms with Gasteiger partial charge in [-0.05, 0) is 46.2 Å². The van der Waals surface area contributed by atoms with Gasteiger partial charge in [-0.15, -0.1) is 0 Å². The molecule has 6 heteroatoms. The van der Waals surface area contributed by atoms with Gasteiger partial charge in [0.05, 0.1) is 0 Å². The number of urea groups is 1. The molecule has 0 saturated carbocycles. The second kappa shape index (κ2) is 9.60. The highest BCUT2D eigenvalue weighted by molar-refractivity contribution is 5.74. The standard InChI is InChI=1S/C15H29N3O3/c1-13(2)18(11-6-7-14(19)20)15(21)16-8-12-17-9-4-3-5-10-17/h13H,3-12H2,1-2H3,(H,16,21)(H,19,20). The number of hydrogen-bond acceptors (Lipinski definition) is 3. The first-order valence-corrected chi connectivity index (χ1v) is 7.99. The van der Waals surface area contributed by atoms with E-state index in [-0.39, 0.29) is 18.5 Å². The number of rotatable bonds is 8. The lowest BCUT2D eigenvalue weighted by molar-refractivity contribution is -0.137. The summed E-state index contributed by atoms with van der Waals surface area (Å²) in [5, 5.41) is 11.6. The summed E-state index contributed by atoms with van der Waals surface area (Å²) in [7, 11) is 0. The molecular weight excluding hydrogens is 270 g/mol. The number of piperidine rings is 1. The van der Waals surface area contributed by atoms with Gasteiger partial charge in [-0.25, -0.2) is 4.79 Å². The number of carboxylic acid groups (broad SMARTS) is 1. The van der Waals surface area contributed by atoms with Crippen molar-refractivity contribution in [2.45, 2.75) is 52.0 Å². The predicted molar refractivity (Wildman–Crippen MR) is 82.4 cm³/mol. The van der Waals surface area contributed by atoms with Gasteiger partial charge in [-0.3, -0.25) is 4.79 Å². The average Bonchev–Trinajstić information content (AvgIpc) is 2.44. The fraction of sp³-hybridized carbons (Fsp3) is 0.867. The molecule has 0 aliphatic carbocycles. The summed E-state index contributed by atoms with van der Waals surface area (Å²) in [5.41, 5.74) is 0. The molecule has 1 aliphatic heterocycles. The van der Waals surface area contributed by atoms with Crippen LogP contribution in [0.5, 0.6) is 0 Å². The first-order chi connectivity index (χ1) is 10.0. The van der Waals surface area contributed by atoms with Crippen molar-refractivity contribution in [3.63, 3.8) is 0 Å². The van der Waals surface area contributed by atoms with E-state index in [2.05, 4.69) is 10.2 Å². The number of amides is 2. The average molecular weight is 299 g/mol. The van der Waals surface area contributed by atoms with Crippen molar-refractivity contribution >= 4 is 12.0 Å². The first-order valence-electron chi connectivity index (χ1n) is 7.99. The molecule has 0 unspecified atom stereocenters. The van der Waals surface area contributed by atoms with Gasteiger partial charge in [-0.1, -0.05) is 6.42 Å². The van der Waals surface area contributed by atoms with Crippen molar-refractivity contribution in [1.29, 1.82) is 0 Å². The summed E-state index contributed by atoms with van der Waals surface area (Å²) in [6.07, 6.45) is 4.41. The molecule has 0 bridgehead atoms. The lowest BCUT2D eigenvalue weighted by Crippen LogP contribution is -2.47. The van der Waals surface area contributed by atoms with Crippen molar-refractivity contribution in [3.8, 4) is 0 Å². The number of carboxylic acids is 1. The van der Waals surface area contributed by atoms with Crippen LogP contribution in [0.15, 0.2) is 0 Å². The Kier molecular flexibility index (Phi) is 8.12. The summed E-state index contributed by atoms with van der Waals surface area (Å²) >= 11 is 0. The molecule has 0 aromatic rings. The maximum absolute atomic E-state index is 12.2. The van der Waals surface area contributed by atoms with Crippen LogP contribution in [-0.2, 0) is 4.79 Å². The van der Waals surface area contributed by atoms with Crippen LogP contribution in [0.3, 0.4) is 0 Å². The third-order valence-corrected chi connectivity index (χ3v) is 3.83. The molecule has 122 valence electrons. The summed E-state index contributed by atoms with van der Waals surface area (Å²) in [6.45, 7) is 8.19. The Hall–Kier alpha value is -1.30. The van der Waals surface area contributed by atoms with E-state index in [1.54, 1.807) is 4.90 Å². The zero-order valence-corrected chi connectivity index (χ0v) is 13.3. The molecule has 1 heterocycles. The Bertz CT molecular complexity index is 328. The minimum Gasteiger partial charge on any atom is -0.481 e. The molecule has 21 heavy (non-hydrogen) atoms. The zero-order chi connectivity index (χ0) is 15.7. The van der Waals surface area contributed by atoms with Crippen LogP contribution in [0.25, 0.3) is 0 Å². The first kappa shape index (κ1) is 17.8. The van der Waals surface area contributed by atoms with Crippen molar-refractivity contribution in [2.75, 3.05) is 32.7 Å². The maximum atomic E-state index is 12.2. The van der Waals surface area contributed by atoms with E-state index in [4.69, 9.17) is 5.11 Å². The number of carbonyl (C=O) groups is 2. The van der Waals surface area contributed by atoms with Gasteiger partial charge in [0.2, 0.25) is 0 Å². The number of likely N-dealkylation sites (tertiary alicyclic amines) is 1. The van der Waals surface area contributed by atoms with Crippen molar-refractivity contribution in [1.82, 2.24) is 15.1 Å². The summed E-state index contributed by atoms with van der Waals surface area (Å²) < 4.78 is 0. The van der Waals surface area contributed by atoms with Gasteiger partial charge in [0, 0.05) is 32.1 Å². The minimum atomic E-state index is -0.816. The van der Waals surface area contributed by atoms with E-state index in [1.165, 1.54) is 19.3 Å². The summed E-state index contributed by atoms with van der Waals surface area (Å²) in [5.74, 6) is -0.816. The SMILES string of the molecule is CC(C)N(CCCC(=O)O)C(=O)NCCN1CCCCC1. The molecule has 1 rings (SSSR count). The van der Waals surface area contributed by atoms with E-state index in [9.17, 15) is 9.59 Å². The van der Waals surface area contributed by atoms with Gasteiger partial charge in [0.25, 0.3) is 0 Å². The smallest absolute Gasteiger partial charge is 0.317 e. The second-order valence-electron chi connectivity index (χ2n) is 5.92. The minimum absolute atomic E-state index is 0.0776. The highest BCUT2D eigenvalue weighted by Gasteiger charge is 2.17. The second-order valence-corrected chi connectivity index (χ2v) is 5.92. The lowest BCUT2D eigenvalue weighted by Gasteiger charge is -2.29. The maximum Gasteiger partial charge on any atom is 0.317 e. The highest BCUT2D eigenvalue weighted by Crippen LogP contribution is 2.07. The van der Waals surface area contributed by atoms with E-state index < -0.39 is 5.97 Å². The predicted octanol–water partition coefficient (Wildman–Crippen LogP) is 1.76. The van der Waals surface area contributed by atoms with Gasteiger partial charge >= 0.3 is 12.0 Å². The van der Waals surface area contributed by atoms with Crippen LogP contribution >= 0.6 is 0 Å². The lowest BCUT2D eigenvalue weighted by atomic mass is 10.1. The summed E-state index contributed by atoms with van der Waals surface area (Å²) in [4.78, 5) is 26.8. The normalized spacial score (nSPS) is 16.0. The summed E-state index contributed by atoms with van der Waals surface area (Å²) in [6, 6.07) is -0.0128. The number of aliphatic carboxylic acids is 1. The van der Waals surface area contributed by atoms with Crippen LogP contribution in [0, 0.1) is 0 Å². The number of nitrogens with zero attached hydrogens (tertiary/aromatic N) is 2. The highest BCUT2D eigenvalue weighted by atomic mass is 16.4. The largest absolute Gasteiger partial charge is 0.481 e. The molecule has 0 radical (unpaired) electrons. The monoisotopic (exact) mass is 299 g/mol. The van der Waals surface area contributed by atoms with E-state index >= 15 is 0 Å². The molecule has 1 fully saturated rings. The third-order valence-electron chi connectivity index (χ3n) is 3.83. The van der Waals surface area contributed by atoms with E-state index in [0.717, 1.165) is 19.6 Å². The fourth-order valence-electron chi connectivity index (χ4n) is 2.60. The van der Waals surface area contributed by atoms with Crippen LogP contribution < -0.4 is 5.32 Å². The van der Waals surface area contributed by atoms with E-state index in [0.29, 0.717) is 19.5 Å². The molecule has 2 amide bonds. The van der Waals surface area contributed by atoms with Crippen LogP contribution in [-0.4, -0.2) is 65.7 Å². The topological polar surface area (TPSA) is 72.9 Å². The third kappa shape index (κ3) is 7.32. The van der Waals surface area contributed by atoms with Crippen LogP contribution in [0.1, 0.15) is 46.0 Å². The van der Waals surface area contributed by atoms with Gasteiger partial charge < -0.3 is 20.2 Å². The zero-order valence-electron chi connectivity index (χ0n) is 13.3. The molecule has 2 N–H and O–H groups in total. The molecule has 0 aromatic heterocycles. The Balaban J connectivity index is 2.26. The quantitative estimate of drug-likeness (QED) is 0.716. The van der Waals surface area contributed by atoms with E-state index in [1.807, 2.05) is 13.8 Å². The van der Waals surface area contributed by atoms with Crippen LogP contribution in [0.4, 0.5) is 4.79 Å². The van der Waals surface area contributed by atoms with Crippen molar-refractivity contribution < 1.29 is 14.7 Å². The van der Waals surface area contributed by atoms with Gasteiger partial charge in [0.15, 0.2) is 0 Å². The molecular formula is C15H29N3O3. The van der Waals surface area contributed by atoms with Crippen molar-refractivity contribution in [2.24, 2.45) is 0 Å². The number of nitrogens with one attached hydrogen (secondary N) is 1. The Morgan fingerprint density at radius 3 is 2.48 bits per heavy atom. The molecule has 0 spiro atoms. The number of hydrogen-bond donors (Lipinski definition) is 2. The number of carbonyl (C=O) groups excluding carboxylic acids is 1. The fourth-order valence-corrected chi connectivity index (χ4v) is 2.60. The Morgan fingerprint density at radius 1 is 1.24 bits per heavy atom. The molecule has 6 nitrogen and oxygen atoms in total. The van der Waals surface area contributed by atoms with Crippen LogP contribution in [0.2, 0.25) is 0 Å². The van der Waals surface area contributed by atoms with Gasteiger partial charge in [-0.2, -0.15) is 0 Å². The molecule has 0 aromatic carbocycles. The Morgan fingerprint density at radius 2 is 1.90 bits per heavy atom.